The van der Waals surface area contributed by atoms with E-state index in [0.717, 1.165) is 24.1 Å². The van der Waals surface area contributed by atoms with Crippen LogP contribution in [-0.4, -0.2) is 51.8 Å². The van der Waals surface area contributed by atoms with Crippen molar-refractivity contribution in [1.82, 2.24) is 14.9 Å². The fourth-order valence-electron chi connectivity index (χ4n) is 3.77. The molecule has 1 aromatic carbocycles. The lowest BCUT2D eigenvalue weighted by Gasteiger charge is -2.43. The summed E-state index contributed by atoms with van der Waals surface area (Å²) < 4.78 is 18.9. The van der Waals surface area contributed by atoms with Crippen molar-refractivity contribution in [1.29, 1.82) is 0 Å². The minimum Gasteiger partial charge on any atom is -0.374 e. The smallest absolute Gasteiger partial charge is 0.233 e. The monoisotopic (exact) mass is 375 g/mol. The number of aromatic nitrogens is 2. The Morgan fingerprint density at radius 1 is 1.31 bits per heavy atom. The van der Waals surface area contributed by atoms with Gasteiger partial charge in [-0.05, 0) is 42.7 Å². The number of hydrogen-bond donors (Lipinski definition) is 1. The molecular weight excluding hydrogens is 353 g/mol. The van der Waals surface area contributed by atoms with Crippen LogP contribution < -0.4 is 0 Å². The van der Waals surface area contributed by atoms with E-state index in [1.165, 1.54) is 36.7 Å². The second kappa shape index (κ2) is 7.80. The highest BCUT2D eigenvalue weighted by Gasteiger charge is 2.36. The van der Waals surface area contributed by atoms with Gasteiger partial charge in [-0.1, -0.05) is 24.6 Å². The number of benzene rings is 1. The van der Waals surface area contributed by atoms with Crippen LogP contribution in [0.15, 0.2) is 35.6 Å². The zero-order valence-electron chi connectivity index (χ0n) is 14.5. The van der Waals surface area contributed by atoms with Gasteiger partial charge in [0.25, 0.3) is 0 Å². The number of nitrogens with one attached hydrogen (secondary N) is 1. The number of rotatable bonds is 4. The number of carbonyl (C=O) groups excluding carboxylic acids is 1. The minimum atomic E-state index is -0.264. The molecule has 1 N–H and O–H groups in total. The van der Waals surface area contributed by atoms with Gasteiger partial charge < -0.3 is 14.6 Å². The van der Waals surface area contributed by atoms with Gasteiger partial charge in [0, 0.05) is 6.54 Å². The first-order chi connectivity index (χ1) is 12.7. The van der Waals surface area contributed by atoms with Gasteiger partial charge in [0.1, 0.15) is 5.82 Å². The number of thioether (sulfide) groups is 1. The van der Waals surface area contributed by atoms with Crippen LogP contribution >= 0.6 is 11.8 Å². The van der Waals surface area contributed by atoms with Crippen LogP contribution in [0.25, 0.3) is 11.3 Å². The van der Waals surface area contributed by atoms with Crippen LogP contribution in [0.4, 0.5) is 4.39 Å². The van der Waals surface area contributed by atoms with Crippen molar-refractivity contribution in [2.24, 2.45) is 0 Å². The molecule has 0 radical (unpaired) electrons. The van der Waals surface area contributed by atoms with Crippen LogP contribution in [0.1, 0.15) is 25.7 Å². The predicted molar refractivity (Wildman–Crippen MR) is 98.4 cm³/mol. The lowest BCUT2D eigenvalue weighted by Crippen LogP contribution is -2.55. The van der Waals surface area contributed by atoms with Gasteiger partial charge in [0.05, 0.1) is 36.4 Å². The Morgan fingerprint density at radius 2 is 2.12 bits per heavy atom. The maximum Gasteiger partial charge on any atom is 0.233 e. The third kappa shape index (κ3) is 3.78. The molecule has 2 aromatic rings. The first kappa shape index (κ1) is 17.5. The molecule has 1 saturated carbocycles. The molecule has 5 nitrogen and oxygen atoms in total. The number of hydrogen-bond acceptors (Lipinski definition) is 4. The SMILES string of the molecule is O=C(CSc1ncc(-c2ccc(F)cc2)[nH]1)N1CCO[C@@H]2CCCC[C@H]21. The summed E-state index contributed by atoms with van der Waals surface area (Å²) in [5.74, 6) is 0.245. The van der Waals surface area contributed by atoms with Gasteiger partial charge in [-0.3, -0.25) is 4.79 Å². The number of nitrogens with zero attached hydrogens (tertiary/aromatic N) is 2. The lowest BCUT2D eigenvalue weighted by atomic mass is 9.90. The second-order valence-corrected chi connectivity index (χ2v) is 7.71. The van der Waals surface area contributed by atoms with E-state index in [4.69, 9.17) is 4.74 Å². The Hall–Kier alpha value is -1.86. The average Bonchev–Trinajstić information content (AvgIpc) is 3.15. The summed E-state index contributed by atoms with van der Waals surface area (Å²) in [5, 5.41) is 0.700. The second-order valence-electron chi connectivity index (χ2n) is 6.75. The molecule has 2 fully saturated rings. The van der Waals surface area contributed by atoms with Gasteiger partial charge in [0.2, 0.25) is 5.91 Å². The number of halogens is 1. The fraction of sp³-hybridized carbons (Fsp3) is 0.474. The number of morpholine rings is 1. The van der Waals surface area contributed by atoms with Gasteiger partial charge in [-0.2, -0.15) is 0 Å². The van der Waals surface area contributed by atoms with Crippen molar-refractivity contribution >= 4 is 17.7 Å². The van der Waals surface area contributed by atoms with Gasteiger partial charge >= 0.3 is 0 Å². The molecule has 0 bridgehead atoms. The van der Waals surface area contributed by atoms with E-state index in [1.807, 2.05) is 4.90 Å². The molecule has 2 atom stereocenters. The highest BCUT2D eigenvalue weighted by atomic mass is 32.2. The van der Waals surface area contributed by atoms with Gasteiger partial charge in [-0.25, -0.2) is 9.37 Å². The van der Waals surface area contributed by atoms with Gasteiger partial charge in [-0.15, -0.1) is 0 Å². The molecule has 2 heterocycles. The molecule has 7 heteroatoms. The number of fused-ring (bicyclic) bond motifs is 1. The van der Waals surface area contributed by atoms with E-state index in [0.29, 0.717) is 24.1 Å². The maximum atomic E-state index is 13.0. The van der Waals surface area contributed by atoms with E-state index in [1.54, 1.807) is 18.3 Å². The van der Waals surface area contributed by atoms with E-state index in [9.17, 15) is 9.18 Å². The van der Waals surface area contributed by atoms with Crippen LogP contribution in [0.5, 0.6) is 0 Å². The molecule has 1 saturated heterocycles. The van der Waals surface area contributed by atoms with E-state index >= 15 is 0 Å². The predicted octanol–water partition coefficient (Wildman–Crippen LogP) is 3.48. The minimum absolute atomic E-state index is 0.148. The Kier molecular flexibility index (Phi) is 5.26. The average molecular weight is 375 g/mol. The van der Waals surface area contributed by atoms with Gasteiger partial charge in [0.15, 0.2) is 5.16 Å². The summed E-state index contributed by atoms with van der Waals surface area (Å²) in [6.45, 7) is 1.31. The standard InChI is InChI=1S/C19H22FN3O2S/c20-14-7-5-13(6-8-14)15-11-21-19(22-15)26-12-18(24)23-9-10-25-17-4-2-1-3-16(17)23/h5-8,11,16-17H,1-4,9-10,12H2,(H,21,22)/t16-,17-/m1/s1. The third-order valence-electron chi connectivity index (χ3n) is 5.09. The van der Waals surface area contributed by atoms with Crippen molar-refractivity contribution in [3.63, 3.8) is 0 Å². The Bertz CT molecular complexity index is 762. The molecule has 138 valence electrons. The molecule has 2 aliphatic rings. The third-order valence-corrected chi connectivity index (χ3v) is 5.96. The van der Waals surface area contributed by atoms with Crippen LogP contribution in [0.3, 0.4) is 0 Å². The summed E-state index contributed by atoms with van der Waals surface area (Å²) in [4.78, 5) is 22.2. The molecule has 1 aromatic heterocycles. The topological polar surface area (TPSA) is 58.2 Å². The molecule has 1 aliphatic heterocycles. The molecule has 1 amide bonds. The molecule has 1 aliphatic carbocycles. The molecule has 0 spiro atoms. The summed E-state index contributed by atoms with van der Waals surface area (Å²) in [6.07, 6.45) is 6.38. The highest BCUT2D eigenvalue weighted by molar-refractivity contribution is 7.99. The summed E-state index contributed by atoms with van der Waals surface area (Å²) >= 11 is 1.41. The summed E-state index contributed by atoms with van der Waals surface area (Å²) in [5.41, 5.74) is 1.69. The largest absolute Gasteiger partial charge is 0.374 e. The summed E-state index contributed by atoms with van der Waals surface area (Å²) in [6, 6.07) is 6.49. The number of carbonyl (C=O) groups is 1. The van der Waals surface area contributed by atoms with Crippen LogP contribution in [0, 0.1) is 5.82 Å². The first-order valence-corrected chi connectivity index (χ1v) is 10.0. The zero-order valence-corrected chi connectivity index (χ0v) is 15.3. The number of ether oxygens (including phenoxy) is 1. The fourth-order valence-corrected chi connectivity index (χ4v) is 4.51. The van der Waals surface area contributed by atoms with Crippen molar-refractivity contribution in [3.05, 3.63) is 36.3 Å². The van der Waals surface area contributed by atoms with Crippen molar-refractivity contribution in [2.75, 3.05) is 18.9 Å². The van der Waals surface area contributed by atoms with E-state index in [-0.39, 0.29) is 23.9 Å². The Morgan fingerprint density at radius 3 is 2.96 bits per heavy atom. The van der Waals surface area contributed by atoms with Crippen LogP contribution in [0.2, 0.25) is 0 Å². The number of imidazole rings is 1. The highest BCUT2D eigenvalue weighted by Crippen LogP contribution is 2.29. The van der Waals surface area contributed by atoms with E-state index < -0.39 is 0 Å². The maximum absolute atomic E-state index is 13.0. The number of amides is 1. The Labute approximate surface area is 156 Å². The van der Waals surface area contributed by atoms with Crippen molar-refractivity contribution in [3.8, 4) is 11.3 Å². The van der Waals surface area contributed by atoms with E-state index in [2.05, 4.69) is 9.97 Å². The van der Waals surface area contributed by atoms with Crippen molar-refractivity contribution < 1.29 is 13.9 Å². The Balaban J connectivity index is 1.36. The zero-order chi connectivity index (χ0) is 17.9. The molecular formula is C19H22FN3O2S. The molecule has 4 rings (SSSR count). The molecule has 0 unspecified atom stereocenters. The quantitative estimate of drug-likeness (QED) is 0.832. The normalized spacial score (nSPS) is 22.9. The van der Waals surface area contributed by atoms with Crippen molar-refractivity contribution in [2.45, 2.75) is 43.0 Å². The molecule has 26 heavy (non-hydrogen) atoms. The first-order valence-electron chi connectivity index (χ1n) is 9.05. The van der Waals surface area contributed by atoms with Crippen LogP contribution in [-0.2, 0) is 9.53 Å². The number of H-pyrrole nitrogens is 1. The summed E-state index contributed by atoms with van der Waals surface area (Å²) in [7, 11) is 0. The number of aromatic amines is 1. The lowest BCUT2D eigenvalue weighted by molar-refractivity contribution is -0.146.